The molecule has 0 saturated heterocycles. The third-order valence-corrected chi connectivity index (χ3v) is 2.61. The van der Waals surface area contributed by atoms with Gasteiger partial charge in [0.15, 0.2) is 0 Å². The minimum Gasteiger partial charge on any atom is -0.318 e. The van der Waals surface area contributed by atoms with Crippen molar-refractivity contribution in [3.63, 3.8) is 0 Å². The quantitative estimate of drug-likeness (QED) is 0.477. The summed E-state index contributed by atoms with van der Waals surface area (Å²) in [7, 11) is 0. The van der Waals surface area contributed by atoms with Gasteiger partial charge in [-0.2, -0.15) is 0 Å². The predicted octanol–water partition coefficient (Wildman–Crippen LogP) is 3.20. The van der Waals surface area contributed by atoms with Gasteiger partial charge < -0.3 is 4.84 Å². The smallest absolute Gasteiger partial charge is 0.318 e. The molecule has 0 heterocycles. The zero-order valence-electron chi connectivity index (χ0n) is 10.7. The van der Waals surface area contributed by atoms with E-state index in [0.717, 1.165) is 16.8 Å². The molecule has 2 aromatic rings. The second-order valence-corrected chi connectivity index (χ2v) is 4.15. The minimum atomic E-state index is -0.415. The summed E-state index contributed by atoms with van der Waals surface area (Å²) in [5.74, 6) is -0.415. The summed E-state index contributed by atoms with van der Waals surface area (Å²) in [4.78, 5) is 15.7. The Kier molecular flexibility index (Phi) is 4.45. The topological polar surface area (TPSA) is 38.7 Å². The first-order valence-electron chi connectivity index (χ1n) is 6.09. The van der Waals surface area contributed by atoms with E-state index in [1.165, 1.54) is 6.92 Å². The number of rotatable bonds is 4. The molecule has 3 nitrogen and oxygen atoms in total. The molecule has 0 bridgehead atoms. The van der Waals surface area contributed by atoms with Crippen LogP contribution < -0.4 is 0 Å². The molecule has 0 aliphatic heterocycles. The highest BCUT2D eigenvalue weighted by molar-refractivity contribution is 6.01. The van der Waals surface area contributed by atoms with Crippen molar-refractivity contribution in [2.75, 3.05) is 0 Å². The van der Waals surface area contributed by atoms with Crippen LogP contribution in [0.5, 0.6) is 0 Å². The lowest BCUT2D eigenvalue weighted by Gasteiger charge is -2.06. The van der Waals surface area contributed by atoms with E-state index in [0.29, 0.717) is 6.42 Å². The van der Waals surface area contributed by atoms with Gasteiger partial charge in [-0.05, 0) is 11.1 Å². The van der Waals surface area contributed by atoms with E-state index in [1.807, 2.05) is 60.7 Å². The predicted molar refractivity (Wildman–Crippen MR) is 74.9 cm³/mol. The average Bonchev–Trinajstić information content (AvgIpc) is 2.45. The second-order valence-electron chi connectivity index (χ2n) is 4.15. The third-order valence-electron chi connectivity index (χ3n) is 2.61. The van der Waals surface area contributed by atoms with Crippen LogP contribution in [0.15, 0.2) is 65.8 Å². The zero-order valence-corrected chi connectivity index (χ0v) is 10.7. The minimum absolute atomic E-state index is 0.415. The molecular weight excluding hydrogens is 238 g/mol. The summed E-state index contributed by atoms with van der Waals surface area (Å²) < 4.78 is 0. The maximum absolute atomic E-state index is 10.9. The van der Waals surface area contributed by atoms with E-state index >= 15 is 0 Å². The van der Waals surface area contributed by atoms with Gasteiger partial charge in [-0.1, -0.05) is 65.8 Å². The lowest BCUT2D eigenvalue weighted by atomic mass is 10.0. The number of hydrogen-bond acceptors (Lipinski definition) is 3. The van der Waals surface area contributed by atoms with Crippen LogP contribution in [0.3, 0.4) is 0 Å². The van der Waals surface area contributed by atoms with Gasteiger partial charge in [-0.15, -0.1) is 0 Å². The van der Waals surface area contributed by atoms with Crippen molar-refractivity contribution in [1.29, 1.82) is 0 Å². The van der Waals surface area contributed by atoms with Gasteiger partial charge in [-0.3, -0.25) is 0 Å². The molecule has 0 unspecified atom stereocenters. The van der Waals surface area contributed by atoms with E-state index in [1.54, 1.807) is 0 Å². The molecule has 2 rings (SSSR count). The van der Waals surface area contributed by atoms with E-state index < -0.39 is 5.97 Å². The van der Waals surface area contributed by atoms with Crippen molar-refractivity contribution < 1.29 is 9.63 Å². The van der Waals surface area contributed by atoms with Crippen molar-refractivity contribution in [3.8, 4) is 0 Å². The monoisotopic (exact) mass is 253 g/mol. The van der Waals surface area contributed by atoms with Gasteiger partial charge in [0.1, 0.15) is 0 Å². The van der Waals surface area contributed by atoms with Crippen LogP contribution >= 0.6 is 0 Å². The second kappa shape index (κ2) is 6.50. The lowest BCUT2D eigenvalue weighted by Crippen LogP contribution is -2.07. The first kappa shape index (κ1) is 13.0. The Labute approximate surface area is 112 Å². The van der Waals surface area contributed by atoms with E-state index in [4.69, 9.17) is 4.84 Å². The number of carbonyl (C=O) groups excluding carboxylic acids is 1. The Balaban J connectivity index is 2.25. The van der Waals surface area contributed by atoms with Crippen molar-refractivity contribution in [2.45, 2.75) is 13.3 Å². The average molecular weight is 253 g/mol. The first-order valence-corrected chi connectivity index (χ1v) is 6.09. The molecule has 0 radical (unpaired) electrons. The summed E-state index contributed by atoms with van der Waals surface area (Å²) in [5.41, 5.74) is 2.81. The molecule has 0 aliphatic carbocycles. The highest BCUT2D eigenvalue weighted by atomic mass is 16.7. The van der Waals surface area contributed by atoms with Crippen LogP contribution in [-0.2, 0) is 16.1 Å². The zero-order chi connectivity index (χ0) is 13.5. The molecule has 0 fully saturated rings. The Morgan fingerprint density at radius 3 is 2.16 bits per heavy atom. The normalized spacial score (nSPS) is 11.1. The molecule has 0 spiro atoms. The number of hydrogen-bond donors (Lipinski definition) is 0. The molecule has 0 amide bonds. The Morgan fingerprint density at radius 1 is 1.00 bits per heavy atom. The summed E-state index contributed by atoms with van der Waals surface area (Å²) in [5, 5.41) is 3.96. The SMILES string of the molecule is CC(=O)O/N=C(\Cc1ccccc1)c1ccccc1. The first-order chi connectivity index (χ1) is 9.25. The molecule has 96 valence electrons. The molecule has 0 aromatic heterocycles. The summed E-state index contributed by atoms with van der Waals surface area (Å²) in [6.45, 7) is 1.34. The summed E-state index contributed by atoms with van der Waals surface area (Å²) in [6, 6.07) is 19.7. The number of nitrogens with zero attached hydrogens (tertiary/aromatic N) is 1. The number of benzene rings is 2. The van der Waals surface area contributed by atoms with Gasteiger partial charge in [0.25, 0.3) is 0 Å². The molecule has 0 N–H and O–H groups in total. The fourth-order valence-electron chi connectivity index (χ4n) is 1.73. The van der Waals surface area contributed by atoms with E-state index in [-0.39, 0.29) is 0 Å². The van der Waals surface area contributed by atoms with Crippen molar-refractivity contribution in [2.24, 2.45) is 5.16 Å². The fraction of sp³-hybridized carbons (Fsp3) is 0.125. The van der Waals surface area contributed by atoms with Crippen LogP contribution in [0.25, 0.3) is 0 Å². The van der Waals surface area contributed by atoms with Crippen LogP contribution in [0.2, 0.25) is 0 Å². The third kappa shape index (κ3) is 4.07. The van der Waals surface area contributed by atoms with E-state index in [2.05, 4.69) is 5.16 Å². The highest BCUT2D eigenvalue weighted by Crippen LogP contribution is 2.09. The Morgan fingerprint density at radius 2 is 1.58 bits per heavy atom. The number of oxime groups is 1. The Hall–Kier alpha value is -2.42. The molecule has 2 aromatic carbocycles. The van der Waals surface area contributed by atoms with Gasteiger partial charge in [0.05, 0.1) is 5.71 Å². The van der Waals surface area contributed by atoms with Gasteiger partial charge in [0, 0.05) is 13.3 Å². The Bertz CT molecular complexity index is 562. The molecule has 0 saturated carbocycles. The van der Waals surface area contributed by atoms with Crippen LogP contribution in [0.1, 0.15) is 18.1 Å². The van der Waals surface area contributed by atoms with Gasteiger partial charge in [0.2, 0.25) is 0 Å². The molecule has 3 heteroatoms. The molecule has 0 aliphatic rings. The standard InChI is InChI=1S/C16H15NO2/c1-13(18)19-17-16(15-10-6-3-7-11-15)12-14-8-4-2-5-9-14/h2-11H,12H2,1H3/b17-16+. The van der Waals surface area contributed by atoms with Crippen LogP contribution in [0.4, 0.5) is 0 Å². The van der Waals surface area contributed by atoms with Gasteiger partial charge >= 0.3 is 5.97 Å². The van der Waals surface area contributed by atoms with Crippen molar-refractivity contribution in [3.05, 3.63) is 71.8 Å². The summed E-state index contributed by atoms with van der Waals surface area (Å²) in [6.07, 6.45) is 0.623. The maximum Gasteiger partial charge on any atom is 0.331 e. The van der Waals surface area contributed by atoms with Crippen LogP contribution in [-0.4, -0.2) is 11.7 Å². The van der Waals surface area contributed by atoms with Crippen molar-refractivity contribution in [1.82, 2.24) is 0 Å². The fourth-order valence-corrected chi connectivity index (χ4v) is 1.73. The number of carbonyl (C=O) groups is 1. The summed E-state index contributed by atoms with van der Waals surface area (Å²) >= 11 is 0. The van der Waals surface area contributed by atoms with Crippen LogP contribution in [0, 0.1) is 0 Å². The molecule has 0 atom stereocenters. The lowest BCUT2D eigenvalue weighted by molar-refractivity contribution is -0.140. The highest BCUT2D eigenvalue weighted by Gasteiger charge is 2.06. The largest absolute Gasteiger partial charge is 0.331 e. The van der Waals surface area contributed by atoms with Gasteiger partial charge in [-0.25, -0.2) is 4.79 Å². The maximum atomic E-state index is 10.9. The van der Waals surface area contributed by atoms with Crippen molar-refractivity contribution >= 4 is 11.7 Å². The van der Waals surface area contributed by atoms with E-state index in [9.17, 15) is 4.79 Å². The molecule has 19 heavy (non-hydrogen) atoms. The molecular formula is C16H15NO2.